The first-order chi connectivity index (χ1) is 27.8. The van der Waals surface area contributed by atoms with Gasteiger partial charge in [-0.2, -0.15) is 0 Å². The van der Waals surface area contributed by atoms with E-state index in [0.29, 0.717) is 22.6 Å². The maximum absolute atomic E-state index is 15.3. The van der Waals surface area contributed by atoms with Crippen LogP contribution < -0.4 is 4.40 Å². The van der Waals surface area contributed by atoms with Crippen molar-refractivity contribution in [3.05, 3.63) is 194 Å². The predicted molar refractivity (Wildman–Crippen MR) is 235 cm³/mol. The fourth-order valence-corrected chi connectivity index (χ4v) is 9.38. The quantitative estimate of drug-likeness (QED) is 0.123. The van der Waals surface area contributed by atoms with Crippen LogP contribution in [-0.4, -0.2) is 27.8 Å². The second kappa shape index (κ2) is 16.5. The van der Waals surface area contributed by atoms with Gasteiger partial charge in [-0.25, -0.2) is 4.39 Å². The van der Waals surface area contributed by atoms with Crippen molar-refractivity contribution in [1.82, 2.24) is 14.5 Å². The number of para-hydroxylation sites is 2. The number of halogens is 1. The van der Waals surface area contributed by atoms with Crippen molar-refractivity contribution in [2.75, 3.05) is 0 Å². The number of hydrogen-bond donors (Lipinski definition) is 0. The number of fused-ring (bicyclic) bond motifs is 4. The fraction of sp³-hybridized carbons (Fsp3) is 0.0588. The van der Waals surface area contributed by atoms with Crippen LogP contribution in [0.25, 0.3) is 83.6 Å². The van der Waals surface area contributed by atoms with Crippen LogP contribution in [0, 0.1) is 17.9 Å². The number of nitrogens with zero attached hydrogens (tertiary/aromatic N) is 3. The predicted octanol–water partition coefficient (Wildman–Crippen LogP) is 13.0. The largest absolute Gasteiger partial charge is 0 e. The van der Waals surface area contributed by atoms with Crippen molar-refractivity contribution < 1.29 is 28.9 Å². The summed E-state index contributed by atoms with van der Waals surface area (Å²) >= 11 is -1.72. The summed E-state index contributed by atoms with van der Waals surface area (Å²) in [6.07, 6.45) is 2.04. The summed E-state index contributed by atoms with van der Waals surface area (Å²) in [7, 11) is 0. The third kappa shape index (κ3) is 7.71. The normalized spacial score (nSPS) is 11.3. The van der Waals surface area contributed by atoms with Gasteiger partial charge in [-0.3, -0.25) is 4.98 Å². The molecule has 58 heavy (non-hydrogen) atoms. The Balaban J connectivity index is 0.000000233. The number of benzene rings is 7. The fourth-order valence-electron chi connectivity index (χ4n) is 7.21. The van der Waals surface area contributed by atoms with E-state index in [4.69, 9.17) is 9.40 Å². The number of pyridine rings is 1. The molecule has 0 aliphatic heterocycles. The summed E-state index contributed by atoms with van der Waals surface area (Å²) in [6, 6.07) is 62.6. The Morgan fingerprint density at radius 2 is 1.33 bits per heavy atom. The maximum atomic E-state index is 15.3. The average molecular weight is 993 g/mol. The summed E-state index contributed by atoms with van der Waals surface area (Å²) in [6.45, 7) is 0. The van der Waals surface area contributed by atoms with Crippen LogP contribution in [0.15, 0.2) is 180 Å². The first-order valence-corrected chi connectivity index (χ1v) is 26.4. The Hall–Kier alpha value is -5.92. The van der Waals surface area contributed by atoms with Crippen molar-refractivity contribution in [3.63, 3.8) is 0 Å². The summed E-state index contributed by atoms with van der Waals surface area (Å²) in [4.78, 5) is 9.57. The van der Waals surface area contributed by atoms with Crippen LogP contribution in [0.1, 0.15) is 0 Å². The first kappa shape index (κ1) is 38.9. The smallest absolute Gasteiger partial charge is 0 e. The number of hydrogen-bond acceptors (Lipinski definition) is 3. The molecule has 3 heterocycles. The SMILES string of the molecule is Fc1cc2oc3c(-c4nc5ccccc5n4-c4ccc(-c5ccccc5)cc4)[c-]ccc3c2cc1-c1ccccc1.[CH3][Ge]([CH3])([CH3])[c]1ccc(-c2[c-]cccc2)nc1.[Ir]. The Bertz CT molecular complexity index is 2980. The van der Waals surface area contributed by atoms with Crippen LogP contribution in [0.3, 0.4) is 0 Å². The van der Waals surface area contributed by atoms with E-state index in [1.54, 1.807) is 0 Å². The Morgan fingerprint density at radius 1 is 0.638 bits per heavy atom. The molecule has 0 N–H and O–H groups in total. The van der Waals surface area contributed by atoms with Gasteiger partial charge in [0.25, 0.3) is 0 Å². The van der Waals surface area contributed by atoms with E-state index in [9.17, 15) is 0 Å². The van der Waals surface area contributed by atoms with Gasteiger partial charge in [0, 0.05) is 42.8 Å². The monoisotopic (exact) mass is 994 g/mol. The van der Waals surface area contributed by atoms with Gasteiger partial charge in [-0.1, -0.05) is 95.9 Å². The molecule has 10 rings (SSSR count). The van der Waals surface area contributed by atoms with E-state index in [1.807, 2.05) is 115 Å². The van der Waals surface area contributed by atoms with E-state index in [2.05, 4.69) is 93.5 Å². The third-order valence-corrected chi connectivity index (χ3v) is 14.5. The molecule has 0 amide bonds. The molecule has 7 heteroatoms. The molecule has 0 spiro atoms. The molecule has 0 bridgehead atoms. The number of imidazole rings is 1. The minimum Gasteiger partial charge on any atom is 0 e. The molecule has 7 aromatic carbocycles. The topological polar surface area (TPSA) is 43.9 Å². The standard InChI is InChI=1S/C37H22FN2O.C14H16GeN.Ir/c38-32-23-35-31(22-30(32)26-12-5-2-6-13-26)28-14-9-15-29(36(28)41-35)37-39-33-16-7-8-17-34(33)40(37)27-20-18-25(19-21-27)24-10-3-1-4-11-24;1-15(2,3)13-9-10-14(16-11-13)12-7-5-4-6-8-12;/h1-14,16-23H;4-7,9-11H,1-3H3;/q2*-1;. The van der Waals surface area contributed by atoms with Crippen LogP contribution in [0.4, 0.5) is 4.39 Å². The van der Waals surface area contributed by atoms with Crippen LogP contribution in [0.2, 0.25) is 17.3 Å². The minimum atomic E-state index is -1.72. The number of rotatable bonds is 6. The summed E-state index contributed by atoms with van der Waals surface area (Å²) in [5, 5.41) is 1.74. The van der Waals surface area contributed by atoms with Crippen LogP contribution in [0.5, 0.6) is 0 Å². The van der Waals surface area contributed by atoms with Gasteiger partial charge >= 0.3 is 99.8 Å². The van der Waals surface area contributed by atoms with Crippen LogP contribution >= 0.6 is 0 Å². The number of furan rings is 1. The van der Waals surface area contributed by atoms with E-state index in [0.717, 1.165) is 61.0 Å². The second-order valence-electron chi connectivity index (χ2n) is 15.0. The van der Waals surface area contributed by atoms with Gasteiger partial charge < -0.3 is 8.98 Å². The molecule has 0 aliphatic rings. The molecule has 10 aromatic rings. The Labute approximate surface area is 353 Å². The molecule has 0 unspecified atom stereocenters. The molecule has 4 nitrogen and oxygen atoms in total. The van der Waals surface area contributed by atoms with Crippen molar-refractivity contribution >= 4 is 50.6 Å². The van der Waals surface area contributed by atoms with Gasteiger partial charge in [0.15, 0.2) is 0 Å². The van der Waals surface area contributed by atoms with E-state index in [-0.39, 0.29) is 25.9 Å². The maximum Gasteiger partial charge on any atom is 0 e. The van der Waals surface area contributed by atoms with Gasteiger partial charge in [0.2, 0.25) is 0 Å². The second-order valence-corrected chi connectivity index (χ2v) is 25.7. The Morgan fingerprint density at radius 3 is 2.02 bits per heavy atom. The third-order valence-electron chi connectivity index (χ3n) is 10.2. The Kier molecular flexibility index (Phi) is 11.1. The molecule has 3 aromatic heterocycles. The summed E-state index contributed by atoms with van der Waals surface area (Å²) in [5.74, 6) is 7.54. The van der Waals surface area contributed by atoms with E-state index in [1.165, 1.54) is 10.5 Å². The zero-order valence-corrected chi connectivity index (χ0v) is 36.7. The molecule has 0 atom stereocenters. The molecule has 0 fully saturated rings. The van der Waals surface area contributed by atoms with Crippen LogP contribution in [-0.2, 0) is 20.1 Å². The van der Waals surface area contributed by atoms with Gasteiger partial charge in [-0.15, -0.1) is 18.2 Å². The summed E-state index contributed by atoms with van der Waals surface area (Å²) < 4.78 is 25.2. The molecule has 1 radical (unpaired) electrons. The zero-order chi connectivity index (χ0) is 38.9. The van der Waals surface area contributed by atoms with Gasteiger partial charge in [0.1, 0.15) is 11.4 Å². The van der Waals surface area contributed by atoms with Crippen molar-refractivity contribution in [1.29, 1.82) is 0 Å². The van der Waals surface area contributed by atoms with Crippen molar-refractivity contribution in [3.8, 4) is 50.6 Å². The van der Waals surface area contributed by atoms with Crippen molar-refractivity contribution in [2.45, 2.75) is 17.3 Å². The molecule has 0 saturated heterocycles. The molecule has 0 aliphatic carbocycles. The van der Waals surface area contributed by atoms with Crippen molar-refractivity contribution in [2.24, 2.45) is 0 Å². The summed E-state index contributed by atoms with van der Waals surface area (Å²) in [5.41, 5.74) is 10.4. The minimum absolute atomic E-state index is 0. The molecule has 0 saturated carbocycles. The number of aromatic nitrogens is 3. The van der Waals surface area contributed by atoms with Gasteiger partial charge in [-0.05, 0) is 47.0 Å². The molecular weight excluding hydrogens is 954 g/mol. The first-order valence-electron chi connectivity index (χ1n) is 19.0. The van der Waals surface area contributed by atoms with E-state index >= 15 is 4.39 Å². The molecular formula is C51H38FGeIrN3O-2. The zero-order valence-electron chi connectivity index (χ0n) is 32.2. The van der Waals surface area contributed by atoms with Gasteiger partial charge in [0.05, 0.1) is 22.4 Å². The molecule has 285 valence electrons. The van der Waals surface area contributed by atoms with E-state index < -0.39 is 13.3 Å². The average Bonchev–Trinajstić information content (AvgIpc) is 3.82.